The van der Waals surface area contributed by atoms with Crippen LogP contribution in [0.3, 0.4) is 0 Å². The SMILES string of the molecule is CC(Oc1ccc(Cc2cc(-c3cccnc3N)on2)cn1)c1ccccc1F. The summed E-state index contributed by atoms with van der Waals surface area (Å²) in [6.45, 7) is 1.79. The van der Waals surface area contributed by atoms with E-state index in [0.29, 0.717) is 35.0 Å². The van der Waals surface area contributed by atoms with Gasteiger partial charge in [0, 0.05) is 36.5 Å². The maximum Gasteiger partial charge on any atom is 0.213 e. The fraction of sp³-hybridized carbons (Fsp3) is 0.136. The molecule has 2 N–H and O–H groups in total. The molecule has 0 radical (unpaired) electrons. The topological polar surface area (TPSA) is 87.1 Å². The molecule has 6 nitrogen and oxygen atoms in total. The van der Waals surface area contributed by atoms with Crippen LogP contribution in [-0.4, -0.2) is 15.1 Å². The molecule has 0 amide bonds. The fourth-order valence-electron chi connectivity index (χ4n) is 2.99. The number of rotatable bonds is 6. The Kier molecular flexibility index (Phi) is 5.20. The van der Waals surface area contributed by atoms with E-state index in [1.54, 1.807) is 49.6 Å². The molecule has 1 atom stereocenters. The van der Waals surface area contributed by atoms with Crippen molar-refractivity contribution in [3.05, 3.63) is 89.6 Å². The number of pyridine rings is 2. The predicted molar refractivity (Wildman–Crippen MR) is 107 cm³/mol. The molecule has 0 fully saturated rings. The van der Waals surface area contributed by atoms with Gasteiger partial charge >= 0.3 is 0 Å². The van der Waals surface area contributed by atoms with E-state index in [0.717, 1.165) is 11.3 Å². The van der Waals surface area contributed by atoms with Crippen LogP contribution >= 0.6 is 0 Å². The number of nitrogens with zero attached hydrogens (tertiary/aromatic N) is 3. The molecule has 0 bridgehead atoms. The summed E-state index contributed by atoms with van der Waals surface area (Å²) < 4.78 is 25.0. The molecule has 4 aromatic rings. The van der Waals surface area contributed by atoms with Crippen molar-refractivity contribution in [2.45, 2.75) is 19.4 Å². The molecule has 3 aromatic heterocycles. The molecule has 1 unspecified atom stereocenters. The molecule has 29 heavy (non-hydrogen) atoms. The lowest BCUT2D eigenvalue weighted by Gasteiger charge is -2.15. The minimum Gasteiger partial charge on any atom is -0.470 e. The van der Waals surface area contributed by atoms with Crippen LogP contribution in [0.1, 0.15) is 29.8 Å². The second kappa shape index (κ2) is 8.10. The highest BCUT2D eigenvalue weighted by atomic mass is 19.1. The van der Waals surface area contributed by atoms with E-state index in [4.69, 9.17) is 15.0 Å². The molecule has 0 aliphatic heterocycles. The van der Waals surface area contributed by atoms with Crippen LogP contribution in [0.15, 0.2) is 71.5 Å². The Bertz CT molecular complexity index is 1110. The second-order valence-corrected chi connectivity index (χ2v) is 6.58. The van der Waals surface area contributed by atoms with Gasteiger partial charge in [0.25, 0.3) is 0 Å². The van der Waals surface area contributed by atoms with Crippen molar-refractivity contribution in [3.63, 3.8) is 0 Å². The Morgan fingerprint density at radius 3 is 2.72 bits per heavy atom. The Morgan fingerprint density at radius 2 is 1.97 bits per heavy atom. The highest BCUT2D eigenvalue weighted by Crippen LogP contribution is 2.26. The molecule has 0 saturated carbocycles. The standard InChI is InChI=1S/C22H19FN4O2/c1-14(17-5-2-3-7-19(17)23)28-21-9-8-15(13-26-21)11-16-12-20(29-27-16)18-6-4-10-25-22(18)24/h2-10,12-14H,11H2,1H3,(H2,24,25). The first kappa shape index (κ1) is 18.6. The lowest BCUT2D eigenvalue weighted by molar-refractivity contribution is 0.212. The van der Waals surface area contributed by atoms with Gasteiger partial charge < -0.3 is 15.0 Å². The van der Waals surface area contributed by atoms with Gasteiger partial charge in [0.2, 0.25) is 5.88 Å². The van der Waals surface area contributed by atoms with Crippen LogP contribution in [0.25, 0.3) is 11.3 Å². The summed E-state index contributed by atoms with van der Waals surface area (Å²) in [5.74, 6) is 1.08. The van der Waals surface area contributed by atoms with Crippen molar-refractivity contribution in [3.8, 4) is 17.2 Å². The summed E-state index contributed by atoms with van der Waals surface area (Å²) in [5, 5.41) is 4.09. The van der Waals surface area contributed by atoms with Crippen LogP contribution in [0.4, 0.5) is 10.2 Å². The summed E-state index contributed by atoms with van der Waals surface area (Å²) in [4.78, 5) is 8.37. The van der Waals surface area contributed by atoms with Crippen molar-refractivity contribution in [2.24, 2.45) is 0 Å². The number of anilines is 1. The smallest absolute Gasteiger partial charge is 0.213 e. The third-order valence-corrected chi connectivity index (χ3v) is 4.49. The molecule has 0 aliphatic rings. The van der Waals surface area contributed by atoms with Gasteiger partial charge in [0.05, 0.1) is 11.3 Å². The molecule has 7 heteroatoms. The summed E-state index contributed by atoms with van der Waals surface area (Å²) in [7, 11) is 0. The minimum atomic E-state index is -0.447. The Hall–Kier alpha value is -3.74. The number of ether oxygens (including phenoxy) is 1. The second-order valence-electron chi connectivity index (χ2n) is 6.58. The normalized spacial score (nSPS) is 11.9. The first-order valence-electron chi connectivity index (χ1n) is 9.12. The number of hydrogen-bond donors (Lipinski definition) is 1. The molecule has 1 aromatic carbocycles. The van der Waals surface area contributed by atoms with E-state index in [9.17, 15) is 4.39 Å². The highest BCUT2D eigenvalue weighted by Gasteiger charge is 2.13. The molecular formula is C22H19FN4O2. The Morgan fingerprint density at radius 1 is 1.10 bits per heavy atom. The molecule has 4 rings (SSSR count). The van der Waals surface area contributed by atoms with E-state index < -0.39 is 6.10 Å². The lowest BCUT2D eigenvalue weighted by Crippen LogP contribution is -2.06. The zero-order valence-electron chi connectivity index (χ0n) is 15.7. The fourth-order valence-corrected chi connectivity index (χ4v) is 2.99. The molecule has 146 valence electrons. The predicted octanol–water partition coefficient (Wildman–Crippen LogP) is 4.58. The van der Waals surface area contributed by atoms with Gasteiger partial charge in [0.1, 0.15) is 17.7 Å². The third-order valence-electron chi connectivity index (χ3n) is 4.49. The Balaban J connectivity index is 1.43. The summed E-state index contributed by atoms with van der Waals surface area (Å²) in [6, 6.07) is 15.6. The van der Waals surface area contributed by atoms with Crippen molar-refractivity contribution in [2.75, 3.05) is 5.73 Å². The van der Waals surface area contributed by atoms with Crippen LogP contribution in [0.5, 0.6) is 5.88 Å². The molecule has 3 heterocycles. The first-order chi connectivity index (χ1) is 14.1. The molecular weight excluding hydrogens is 371 g/mol. The zero-order valence-corrected chi connectivity index (χ0v) is 15.7. The molecule has 0 saturated heterocycles. The minimum absolute atomic E-state index is 0.298. The van der Waals surface area contributed by atoms with Gasteiger partial charge in [0.15, 0.2) is 5.76 Å². The molecule has 0 spiro atoms. The maximum atomic E-state index is 13.9. The van der Waals surface area contributed by atoms with E-state index in [-0.39, 0.29) is 5.82 Å². The van der Waals surface area contributed by atoms with Gasteiger partial charge in [-0.1, -0.05) is 29.4 Å². The van der Waals surface area contributed by atoms with Gasteiger partial charge in [-0.15, -0.1) is 0 Å². The number of nitrogen functional groups attached to an aromatic ring is 1. The maximum absolute atomic E-state index is 13.9. The van der Waals surface area contributed by atoms with E-state index in [1.165, 1.54) is 6.07 Å². The van der Waals surface area contributed by atoms with Crippen LogP contribution in [0.2, 0.25) is 0 Å². The van der Waals surface area contributed by atoms with Gasteiger partial charge in [-0.25, -0.2) is 14.4 Å². The number of nitrogens with two attached hydrogens (primary N) is 1. The average molecular weight is 390 g/mol. The van der Waals surface area contributed by atoms with Gasteiger partial charge in [-0.05, 0) is 30.7 Å². The number of hydrogen-bond acceptors (Lipinski definition) is 6. The van der Waals surface area contributed by atoms with Crippen LogP contribution in [0, 0.1) is 5.82 Å². The van der Waals surface area contributed by atoms with Crippen molar-refractivity contribution < 1.29 is 13.7 Å². The van der Waals surface area contributed by atoms with E-state index >= 15 is 0 Å². The van der Waals surface area contributed by atoms with Gasteiger partial charge in [-0.2, -0.15) is 0 Å². The average Bonchev–Trinajstić information content (AvgIpc) is 3.18. The largest absolute Gasteiger partial charge is 0.470 e. The van der Waals surface area contributed by atoms with Crippen LogP contribution < -0.4 is 10.5 Å². The molecule has 0 aliphatic carbocycles. The summed E-state index contributed by atoms with van der Waals surface area (Å²) in [5.41, 5.74) is 8.76. The zero-order chi connectivity index (χ0) is 20.2. The van der Waals surface area contributed by atoms with E-state index in [1.807, 2.05) is 18.2 Å². The third kappa shape index (κ3) is 4.24. The lowest BCUT2D eigenvalue weighted by atomic mass is 10.1. The van der Waals surface area contributed by atoms with Crippen molar-refractivity contribution in [1.29, 1.82) is 0 Å². The van der Waals surface area contributed by atoms with Crippen molar-refractivity contribution >= 4 is 5.82 Å². The summed E-state index contributed by atoms with van der Waals surface area (Å²) in [6.07, 6.45) is 3.42. The monoisotopic (exact) mass is 390 g/mol. The highest BCUT2D eigenvalue weighted by molar-refractivity contribution is 5.69. The van der Waals surface area contributed by atoms with Gasteiger partial charge in [-0.3, -0.25) is 0 Å². The number of benzene rings is 1. The van der Waals surface area contributed by atoms with Crippen molar-refractivity contribution in [1.82, 2.24) is 15.1 Å². The number of halogens is 1. The Labute approximate surface area is 167 Å². The first-order valence-corrected chi connectivity index (χ1v) is 9.12. The van der Waals surface area contributed by atoms with E-state index in [2.05, 4.69) is 15.1 Å². The summed E-state index contributed by atoms with van der Waals surface area (Å²) >= 11 is 0. The number of aromatic nitrogens is 3. The quantitative estimate of drug-likeness (QED) is 0.518. The van der Waals surface area contributed by atoms with Crippen LogP contribution in [-0.2, 0) is 6.42 Å².